The first kappa shape index (κ1) is 9.32. The Hall–Kier alpha value is -0.680. The van der Waals surface area contributed by atoms with E-state index in [1.165, 1.54) is 0 Å². The van der Waals surface area contributed by atoms with Crippen molar-refractivity contribution in [2.75, 3.05) is 0 Å². The maximum absolute atomic E-state index is 12.1. The number of carboxylic acid groups (broad SMARTS) is 1. The van der Waals surface area contributed by atoms with Crippen molar-refractivity contribution < 1.29 is 24.5 Å². The molecule has 1 atom stereocenters. The average Bonchev–Trinajstić information content (AvgIpc) is 1.60. The minimum absolute atomic E-state index is 0.878. The van der Waals surface area contributed by atoms with Crippen LogP contribution in [-0.4, -0.2) is 33.2 Å². The second kappa shape index (κ2) is 2.94. The monoisotopic (exact) mass is 152 g/mol. The van der Waals surface area contributed by atoms with Gasteiger partial charge < -0.3 is 15.3 Å². The third-order valence-corrected chi connectivity index (χ3v) is 1.05. The van der Waals surface area contributed by atoms with Crippen LogP contribution >= 0.6 is 0 Å². The first-order valence-corrected chi connectivity index (χ1v) is 2.67. The summed E-state index contributed by atoms with van der Waals surface area (Å²) in [4.78, 5) is 9.83. The lowest BCUT2D eigenvalue weighted by Gasteiger charge is -2.20. The predicted molar refractivity (Wildman–Crippen MR) is 30.0 cm³/mol. The molecule has 0 saturated heterocycles. The molecule has 0 aromatic rings. The number of aliphatic carboxylic acids is 1. The molecular weight excluding hydrogens is 143 g/mol. The number of aliphatic hydroxyl groups is 2. The molecule has 4 nitrogen and oxygen atoms in total. The fraction of sp³-hybridized carbons (Fsp3) is 0.800. The molecule has 0 bridgehead atoms. The molecule has 5 heteroatoms. The van der Waals surface area contributed by atoms with Crippen LogP contribution < -0.4 is 0 Å². The second-order valence-corrected chi connectivity index (χ2v) is 2.07. The van der Waals surface area contributed by atoms with Gasteiger partial charge in [0, 0.05) is 0 Å². The molecule has 60 valence electrons. The van der Waals surface area contributed by atoms with Gasteiger partial charge in [0.1, 0.15) is 6.42 Å². The largest absolute Gasteiger partial charge is 0.481 e. The van der Waals surface area contributed by atoms with E-state index >= 15 is 0 Å². The van der Waals surface area contributed by atoms with Crippen LogP contribution in [0.4, 0.5) is 4.39 Å². The first-order chi connectivity index (χ1) is 4.36. The number of rotatable bonds is 3. The average molecular weight is 152 g/mol. The van der Waals surface area contributed by atoms with Gasteiger partial charge in [-0.2, -0.15) is 0 Å². The lowest BCUT2D eigenvalue weighted by atomic mass is 10.1. The van der Waals surface area contributed by atoms with Gasteiger partial charge in [-0.15, -0.1) is 0 Å². The number of halogens is 1. The van der Waals surface area contributed by atoms with E-state index in [9.17, 15) is 9.18 Å². The van der Waals surface area contributed by atoms with Gasteiger partial charge in [-0.05, 0) is 6.92 Å². The Morgan fingerprint density at radius 1 is 1.70 bits per heavy atom. The number of carboxylic acids is 1. The summed E-state index contributed by atoms with van der Waals surface area (Å²) in [6, 6.07) is 0. The third kappa shape index (κ3) is 2.75. The van der Waals surface area contributed by atoms with Crippen LogP contribution in [0.25, 0.3) is 0 Å². The van der Waals surface area contributed by atoms with Gasteiger partial charge in [0.05, 0.1) is 0 Å². The lowest BCUT2D eigenvalue weighted by molar-refractivity contribution is -0.209. The highest BCUT2D eigenvalue weighted by molar-refractivity contribution is 5.67. The molecule has 0 fully saturated rings. The maximum atomic E-state index is 12.1. The van der Waals surface area contributed by atoms with Crippen LogP contribution in [-0.2, 0) is 4.79 Å². The Morgan fingerprint density at radius 3 is 2.20 bits per heavy atom. The van der Waals surface area contributed by atoms with Gasteiger partial charge in [0.15, 0.2) is 6.17 Å². The third-order valence-electron chi connectivity index (χ3n) is 1.05. The number of hydrogen-bond donors (Lipinski definition) is 3. The van der Waals surface area contributed by atoms with E-state index < -0.39 is 24.3 Å². The zero-order valence-corrected chi connectivity index (χ0v) is 5.41. The molecule has 1 unspecified atom stereocenters. The van der Waals surface area contributed by atoms with E-state index in [2.05, 4.69) is 0 Å². The van der Waals surface area contributed by atoms with Crippen molar-refractivity contribution in [1.82, 2.24) is 0 Å². The molecule has 0 saturated carbocycles. The summed E-state index contributed by atoms with van der Waals surface area (Å²) in [7, 11) is 0. The standard InChI is InChI=1S/C5H9FO4/c1-3(6)5(9,10)2-4(7)8/h3,9-10H,2H2,1H3,(H,7,8). The maximum Gasteiger partial charge on any atom is 0.308 e. The van der Waals surface area contributed by atoms with E-state index in [0.29, 0.717) is 0 Å². The van der Waals surface area contributed by atoms with Crippen molar-refractivity contribution in [1.29, 1.82) is 0 Å². The van der Waals surface area contributed by atoms with Gasteiger partial charge >= 0.3 is 5.97 Å². The summed E-state index contributed by atoms with van der Waals surface area (Å²) in [5, 5.41) is 25.1. The number of hydrogen-bond acceptors (Lipinski definition) is 3. The van der Waals surface area contributed by atoms with Gasteiger partial charge in [-0.1, -0.05) is 0 Å². The smallest absolute Gasteiger partial charge is 0.308 e. The summed E-state index contributed by atoms with van der Waals surface area (Å²) < 4.78 is 12.1. The van der Waals surface area contributed by atoms with Crippen LogP contribution in [0, 0.1) is 0 Å². The fourth-order valence-electron chi connectivity index (χ4n) is 0.363. The Morgan fingerprint density at radius 2 is 2.10 bits per heavy atom. The lowest BCUT2D eigenvalue weighted by Crippen LogP contribution is -2.39. The highest BCUT2D eigenvalue weighted by Gasteiger charge is 2.33. The zero-order valence-electron chi connectivity index (χ0n) is 5.41. The Labute approximate surface area is 56.9 Å². The summed E-state index contributed by atoms with van der Waals surface area (Å²) in [5.74, 6) is -4.19. The highest BCUT2D eigenvalue weighted by atomic mass is 19.1. The van der Waals surface area contributed by atoms with Crippen molar-refractivity contribution in [3.63, 3.8) is 0 Å². The zero-order chi connectivity index (χ0) is 8.36. The normalized spacial score (nSPS) is 14.8. The van der Waals surface area contributed by atoms with Crippen LogP contribution in [0.1, 0.15) is 13.3 Å². The summed E-state index contributed by atoms with van der Waals surface area (Å²) in [6.45, 7) is 0.878. The van der Waals surface area contributed by atoms with E-state index in [1.54, 1.807) is 0 Å². The second-order valence-electron chi connectivity index (χ2n) is 2.07. The molecular formula is C5H9FO4. The number of alkyl halides is 1. The van der Waals surface area contributed by atoms with Crippen molar-refractivity contribution in [2.24, 2.45) is 0 Å². The molecule has 0 heterocycles. The summed E-state index contributed by atoms with van der Waals surface area (Å²) in [6.07, 6.45) is -2.98. The van der Waals surface area contributed by atoms with Crippen LogP contribution in [0.15, 0.2) is 0 Å². The predicted octanol–water partition coefficient (Wildman–Crippen LogP) is -0.500. The van der Waals surface area contributed by atoms with Crippen molar-refractivity contribution in [3.05, 3.63) is 0 Å². The molecule has 0 radical (unpaired) electrons. The molecule has 0 aromatic carbocycles. The SMILES string of the molecule is CC(F)C(O)(O)CC(=O)O. The van der Waals surface area contributed by atoms with Gasteiger partial charge in [0.2, 0.25) is 5.79 Å². The molecule has 0 amide bonds. The van der Waals surface area contributed by atoms with E-state index in [-0.39, 0.29) is 0 Å². The topological polar surface area (TPSA) is 77.8 Å². The molecule has 0 aromatic heterocycles. The Bertz CT molecular complexity index is 132. The molecule has 0 aliphatic carbocycles. The van der Waals surface area contributed by atoms with Crippen LogP contribution in [0.2, 0.25) is 0 Å². The minimum atomic E-state index is -2.74. The molecule has 0 aliphatic rings. The molecule has 3 N–H and O–H groups in total. The molecule has 0 spiro atoms. The molecule has 0 rings (SSSR count). The molecule has 0 aliphatic heterocycles. The Balaban J connectivity index is 3.99. The Kier molecular flexibility index (Phi) is 2.74. The quantitative estimate of drug-likeness (QED) is 0.476. The van der Waals surface area contributed by atoms with Gasteiger partial charge in [0.25, 0.3) is 0 Å². The molecule has 10 heavy (non-hydrogen) atoms. The van der Waals surface area contributed by atoms with E-state index in [4.69, 9.17) is 15.3 Å². The summed E-state index contributed by atoms with van der Waals surface area (Å²) in [5.41, 5.74) is 0. The van der Waals surface area contributed by atoms with Crippen LogP contribution in [0.5, 0.6) is 0 Å². The minimum Gasteiger partial charge on any atom is -0.481 e. The van der Waals surface area contributed by atoms with Crippen LogP contribution in [0.3, 0.4) is 0 Å². The van der Waals surface area contributed by atoms with Gasteiger partial charge in [-0.3, -0.25) is 4.79 Å². The summed E-state index contributed by atoms with van der Waals surface area (Å²) >= 11 is 0. The number of carbonyl (C=O) groups is 1. The van der Waals surface area contributed by atoms with Crippen molar-refractivity contribution >= 4 is 5.97 Å². The van der Waals surface area contributed by atoms with E-state index in [1.807, 2.05) is 0 Å². The van der Waals surface area contributed by atoms with Crippen molar-refractivity contribution in [2.45, 2.75) is 25.3 Å². The van der Waals surface area contributed by atoms with E-state index in [0.717, 1.165) is 6.92 Å². The highest BCUT2D eigenvalue weighted by Crippen LogP contribution is 2.13. The van der Waals surface area contributed by atoms with Crippen molar-refractivity contribution in [3.8, 4) is 0 Å². The fourth-order valence-corrected chi connectivity index (χ4v) is 0.363. The van der Waals surface area contributed by atoms with Gasteiger partial charge in [-0.25, -0.2) is 4.39 Å². The first-order valence-electron chi connectivity index (χ1n) is 2.67.